The van der Waals surface area contributed by atoms with E-state index in [0.29, 0.717) is 6.42 Å². The van der Waals surface area contributed by atoms with Crippen molar-refractivity contribution in [1.29, 1.82) is 0 Å². The standard InChI is InChI=1S/C10H18O2/c1-9(2)4-5-10(3,6-7-11)8-12-9/h7H,4-6,8H2,1-3H3. The highest BCUT2D eigenvalue weighted by Crippen LogP contribution is 2.37. The van der Waals surface area contributed by atoms with Gasteiger partial charge in [-0.25, -0.2) is 0 Å². The second kappa shape index (κ2) is 3.17. The SMILES string of the molecule is CC1(CC=O)CCC(C)(C)OC1. The van der Waals surface area contributed by atoms with Crippen molar-refractivity contribution in [3.05, 3.63) is 0 Å². The highest BCUT2D eigenvalue weighted by atomic mass is 16.5. The molecule has 0 aliphatic carbocycles. The second-order valence-corrected chi connectivity index (χ2v) is 4.73. The molecule has 70 valence electrons. The molecule has 0 aromatic rings. The van der Waals surface area contributed by atoms with Crippen LogP contribution in [0, 0.1) is 5.41 Å². The van der Waals surface area contributed by atoms with Crippen molar-refractivity contribution >= 4 is 6.29 Å². The number of carbonyl (C=O) groups excluding carboxylic acids is 1. The molecule has 1 unspecified atom stereocenters. The minimum Gasteiger partial charge on any atom is -0.375 e. The average molecular weight is 170 g/mol. The van der Waals surface area contributed by atoms with E-state index in [1.165, 1.54) is 0 Å². The molecule has 0 aromatic carbocycles. The van der Waals surface area contributed by atoms with Crippen LogP contribution in [0.1, 0.15) is 40.0 Å². The molecule has 1 saturated heterocycles. The minimum absolute atomic E-state index is 0.0163. The van der Waals surface area contributed by atoms with Crippen LogP contribution in [0.5, 0.6) is 0 Å². The van der Waals surface area contributed by atoms with E-state index in [4.69, 9.17) is 4.74 Å². The molecule has 0 radical (unpaired) electrons. The predicted molar refractivity (Wildman–Crippen MR) is 48.1 cm³/mol. The van der Waals surface area contributed by atoms with Crippen LogP contribution in [0.25, 0.3) is 0 Å². The van der Waals surface area contributed by atoms with Crippen LogP contribution in [0.3, 0.4) is 0 Å². The Morgan fingerprint density at radius 1 is 1.33 bits per heavy atom. The molecule has 0 saturated carbocycles. The van der Waals surface area contributed by atoms with Gasteiger partial charge in [0.05, 0.1) is 12.2 Å². The molecule has 0 spiro atoms. The maximum atomic E-state index is 10.4. The van der Waals surface area contributed by atoms with Gasteiger partial charge in [0.25, 0.3) is 0 Å². The van der Waals surface area contributed by atoms with Crippen LogP contribution >= 0.6 is 0 Å². The normalized spacial score (nSPS) is 34.6. The van der Waals surface area contributed by atoms with Crippen molar-refractivity contribution in [1.82, 2.24) is 0 Å². The van der Waals surface area contributed by atoms with Gasteiger partial charge in [0.2, 0.25) is 0 Å². The number of aldehydes is 1. The maximum Gasteiger partial charge on any atom is 0.120 e. The summed E-state index contributed by atoms with van der Waals surface area (Å²) in [6.45, 7) is 7.05. The monoisotopic (exact) mass is 170 g/mol. The van der Waals surface area contributed by atoms with Gasteiger partial charge in [-0.2, -0.15) is 0 Å². The Morgan fingerprint density at radius 3 is 2.42 bits per heavy atom. The summed E-state index contributed by atoms with van der Waals surface area (Å²) in [5.74, 6) is 0. The smallest absolute Gasteiger partial charge is 0.120 e. The van der Waals surface area contributed by atoms with Gasteiger partial charge in [-0.15, -0.1) is 0 Å². The van der Waals surface area contributed by atoms with Gasteiger partial charge >= 0.3 is 0 Å². The van der Waals surface area contributed by atoms with Gasteiger partial charge in [-0.3, -0.25) is 0 Å². The summed E-state index contributed by atoms with van der Waals surface area (Å²) in [7, 11) is 0. The third-order valence-electron chi connectivity index (χ3n) is 2.72. The van der Waals surface area contributed by atoms with E-state index in [0.717, 1.165) is 25.7 Å². The Morgan fingerprint density at radius 2 is 2.00 bits per heavy atom. The van der Waals surface area contributed by atoms with Gasteiger partial charge in [-0.05, 0) is 32.1 Å². The van der Waals surface area contributed by atoms with Crippen molar-refractivity contribution in [2.75, 3.05) is 6.61 Å². The first-order valence-corrected chi connectivity index (χ1v) is 4.55. The van der Waals surface area contributed by atoms with Gasteiger partial charge in [0.15, 0.2) is 0 Å². The molecule has 0 amide bonds. The average Bonchev–Trinajstić information content (AvgIpc) is 1.98. The molecule has 0 aromatic heterocycles. The third-order valence-corrected chi connectivity index (χ3v) is 2.72. The van der Waals surface area contributed by atoms with E-state index in [9.17, 15) is 4.79 Å². The molecule has 1 fully saturated rings. The fourth-order valence-corrected chi connectivity index (χ4v) is 1.48. The van der Waals surface area contributed by atoms with Crippen LogP contribution in [0.15, 0.2) is 0 Å². The molecule has 0 N–H and O–H groups in total. The molecule has 1 aliphatic rings. The zero-order valence-electron chi connectivity index (χ0n) is 8.22. The molecule has 2 heteroatoms. The second-order valence-electron chi connectivity index (χ2n) is 4.73. The number of carbonyl (C=O) groups is 1. The van der Waals surface area contributed by atoms with E-state index in [2.05, 4.69) is 20.8 Å². The summed E-state index contributed by atoms with van der Waals surface area (Å²) in [5, 5.41) is 0. The van der Waals surface area contributed by atoms with E-state index < -0.39 is 0 Å². The van der Waals surface area contributed by atoms with E-state index in [1.54, 1.807) is 0 Å². The first-order chi connectivity index (χ1) is 5.47. The first kappa shape index (κ1) is 9.72. The van der Waals surface area contributed by atoms with Gasteiger partial charge in [0, 0.05) is 6.42 Å². The van der Waals surface area contributed by atoms with E-state index in [-0.39, 0.29) is 11.0 Å². The zero-order chi connectivity index (χ0) is 9.24. The van der Waals surface area contributed by atoms with Crippen molar-refractivity contribution in [2.24, 2.45) is 5.41 Å². The Labute approximate surface area is 74.3 Å². The van der Waals surface area contributed by atoms with Crippen molar-refractivity contribution in [3.63, 3.8) is 0 Å². The summed E-state index contributed by atoms with van der Waals surface area (Å²) in [4.78, 5) is 10.4. The van der Waals surface area contributed by atoms with Crippen LogP contribution < -0.4 is 0 Å². The van der Waals surface area contributed by atoms with Gasteiger partial charge < -0.3 is 9.53 Å². The van der Waals surface area contributed by atoms with Crippen LogP contribution in [0.4, 0.5) is 0 Å². The largest absolute Gasteiger partial charge is 0.375 e. The number of hydrogen-bond donors (Lipinski definition) is 0. The third kappa shape index (κ3) is 2.31. The number of hydrogen-bond acceptors (Lipinski definition) is 2. The van der Waals surface area contributed by atoms with Crippen molar-refractivity contribution in [2.45, 2.75) is 45.6 Å². The Hall–Kier alpha value is -0.370. The lowest BCUT2D eigenvalue weighted by Crippen LogP contribution is -2.39. The van der Waals surface area contributed by atoms with Crippen LogP contribution in [-0.4, -0.2) is 18.5 Å². The fourth-order valence-electron chi connectivity index (χ4n) is 1.48. The lowest BCUT2D eigenvalue weighted by molar-refractivity contribution is -0.124. The first-order valence-electron chi connectivity index (χ1n) is 4.55. The molecule has 2 nitrogen and oxygen atoms in total. The summed E-state index contributed by atoms with van der Waals surface area (Å²) in [5.41, 5.74) is 0.111. The molecular weight excluding hydrogens is 152 g/mol. The van der Waals surface area contributed by atoms with E-state index >= 15 is 0 Å². The number of rotatable bonds is 2. The molecule has 1 atom stereocenters. The van der Waals surface area contributed by atoms with Crippen LogP contribution in [0.2, 0.25) is 0 Å². The molecule has 0 bridgehead atoms. The Balaban J connectivity index is 2.49. The maximum absolute atomic E-state index is 10.4. The van der Waals surface area contributed by atoms with Crippen molar-refractivity contribution in [3.8, 4) is 0 Å². The summed E-state index contributed by atoms with van der Waals surface area (Å²) >= 11 is 0. The lowest BCUT2D eigenvalue weighted by Gasteiger charge is -2.40. The minimum atomic E-state index is 0.0163. The molecule has 12 heavy (non-hydrogen) atoms. The molecule has 1 heterocycles. The summed E-state index contributed by atoms with van der Waals surface area (Å²) in [6.07, 6.45) is 3.78. The number of ether oxygens (including phenoxy) is 1. The molecule has 1 rings (SSSR count). The molecular formula is C10H18O2. The quantitative estimate of drug-likeness (QED) is 0.594. The van der Waals surface area contributed by atoms with Gasteiger partial charge in [-0.1, -0.05) is 6.92 Å². The highest BCUT2D eigenvalue weighted by molar-refractivity contribution is 5.50. The lowest BCUT2D eigenvalue weighted by atomic mass is 9.78. The highest BCUT2D eigenvalue weighted by Gasteiger charge is 2.35. The summed E-state index contributed by atoms with van der Waals surface area (Å²) < 4.78 is 5.67. The Kier molecular flexibility index (Phi) is 2.57. The van der Waals surface area contributed by atoms with Crippen LogP contribution in [-0.2, 0) is 9.53 Å². The van der Waals surface area contributed by atoms with E-state index in [1.807, 2.05) is 0 Å². The van der Waals surface area contributed by atoms with Crippen molar-refractivity contribution < 1.29 is 9.53 Å². The molecule has 1 aliphatic heterocycles. The summed E-state index contributed by atoms with van der Waals surface area (Å²) in [6, 6.07) is 0. The predicted octanol–water partition coefficient (Wildman–Crippen LogP) is 2.17. The topological polar surface area (TPSA) is 26.3 Å². The fraction of sp³-hybridized carbons (Fsp3) is 0.900. The van der Waals surface area contributed by atoms with Gasteiger partial charge in [0.1, 0.15) is 6.29 Å². The zero-order valence-corrected chi connectivity index (χ0v) is 8.22. The Bertz CT molecular complexity index is 163.